The number of aromatic nitrogens is 1. The molecule has 31 heavy (non-hydrogen) atoms. The number of Topliss-reactive ketones (excluding diaryl/α,β-unsaturated/α-hetero) is 1. The summed E-state index contributed by atoms with van der Waals surface area (Å²) in [7, 11) is 1.61. The minimum absolute atomic E-state index is 0.0533. The van der Waals surface area contributed by atoms with E-state index in [-0.39, 0.29) is 17.1 Å². The Balaban J connectivity index is 1.84. The van der Waals surface area contributed by atoms with E-state index in [4.69, 9.17) is 9.73 Å². The molecule has 1 aliphatic carbocycles. The Morgan fingerprint density at radius 2 is 1.94 bits per heavy atom. The second-order valence-corrected chi connectivity index (χ2v) is 8.98. The number of methoxy groups -OCH3 is 1. The van der Waals surface area contributed by atoms with Crippen LogP contribution >= 0.6 is 0 Å². The monoisotopic (exact) mass is 417 g/mol. The zero-order valence-electron chi connectivity index (χ0n) is 18.3. The first-order valence-corrected chi connectivity index (χ1v) is 10.5. The van der Waals surface area contributed by atoms with Crippen LogP contribution in [0.25, 0.3) is 0 Å². The highest BCUT2D eigenvalue weighted by atomic mass is 16.5. The zero-order chi connectivity index (χ0) is 22.2. The van der Waals surface area contributed by atoms with Crippen molar-refractivity contribution >= 4 is 23.1 Å². The predicted molar refractivity (Wildman–Crippen MR) is 120 cm³/mol. The Hall–Kier alpha value is -3.28. The first-order chi connectivity index (χ1) is 14.8. The van der Waals surface area contributed by atoms with Gasteiger partial charge in [-0.3, -0.25) is 19.6 Å². The lowest BCUT2D eigenvalue weighted by Gasteiger charge is -2.39. The number of nitrogens with one attached hydrogen (secondary N) is 1. The minimum Gasteiger partial charge on any atom is -0.496 e. The van der Waals surface area contributed by atoms with Crippen molar-refractivity contribution < 1.29 is 14.3 Å². The SMILES string of the molecule is COc1ccccc1[C@H]1C2=C(CC(C)(C)CC2=O)N=C(C)C1C(=O)Nc1cccnc1. The molecule has 2 aromatic rings. The lowest BCUT2D eigenvalue weighted by atomic mass is 9.66. The Bertz CT molecular complexity index is 1090. The summed E-state index contributed by atoms with van der Waals surface area (Å²) < 4.78 is 5.62. The molecular formula is C25H27N3O3. The number of carbonyl (C=O) groups is 2. The lowest BCUT2D eigenvalue weighted by Crippen LogP contribution is -2.41. The van der Waals surface area contributed by atoms with Crippen LogP contribution in [0.4, 0.5) is 5.69 Å². The van der Waals surface area contributed by atoms with Crippen molar-refractivity contribution in [2.24, 2.45) is 16.3 Å². The maximum atomic E-state index is 13.5. The molecule has 0 radical (unpaired) electrons. The van der Waals surface area contributed by atoms with E-state index in [2.05, 4.69) is 24.1 Å². The first kappa shape index (κ1) is 21.0. The van der Waals surface area contributed by atoms with E-state index in [9.17, 15) is 9.59 Å². The molecule has 2 aliphatic rings. The topological polar surface area (TPSA) is 80.6 Å². The van der Waals surface area contributed by atoms with E-state index in [0.29, 0.717) is 35.6 Å². The number of anilines is 1. The molecule has 160 valence electrons. The van der Waals surface area contributed by atoms with Crippen LogP contribution in [-0.2, 0) is 9.59 Å². The number of pyridine rings is 1. The number of carbonyl (C=O) groups excluding carboxylic acids is 2. The zero-order valence-corrected chi connectivity index (χ0v) is 18.3. The summed E-state index contributed by atoms with van der Waals surface area (Å²) in [6, 6.07) is 11.2. The largest absolute Gasteiger partial charge is 0.496 e. The van der Waals surface area contributed by atoms with E-state index < -0.39 is 11.8 Å². The van der Waals surface area contributed by atoms with Crippen molar-refractivity contribution in [3.8, 4) is 5.75 Å². The fourth-order valence-corrected chi connectivity index (χ4v) is 4.70. The average Bonchev–Trinajstić information content (AvgIpc) is 2.72. The van der Waals surface area contributed by atoms with Crippen molar-refractivity contribution in [3.63, 3.8) is 0 Å². The van der Waals surface area contributed by atoms with Gasteiger partial charge in [0.2, 0.25) is 5.91 Å². The minimum atomic E-state index is -0.625. The van der Waals surface area contributed by atoms with Gasteiger partial charge in [0.05, 0.1) is 24.9 Å². The lowest BCUT2D eigenvalue weighted by molar-refractivity contribution is -0.119. The van der Waals surface area contributed by atoms with Gasteiger partial charge in [-0.1, -0.05) is 32.0 Å². The van der Waals surface area contributed by atoms with E-state index in [0.717, 1.165) is 11.3 Å². The van der Waals surface area contributed by atoms with Gasteiger partial charge in [0.25, 0.3) is 0 Å². The summed E-state index contributed by atoms with van der Waals surface area (Å²) in [5, 5.41) is 2.95. The standard InChI is InChI=1S/C25H27N3O3/c1-15-21(24(30)28-16-8-7-11-26-14-16)22(17-9-5-6-10-20(17)31-4)23-18(27-15)12-25(2,3)13-19(23)29/h5-11,14,21-22H,12-13H2,1-4H3,(H,28,30)/t21?,22-/m1/s1. The van der Waals surface area contributed by atoms with Crippen molar-refractivity contribution in [1.82, 2.24) is 4.98 Å². The number of amides is 1. The Morgan fingerprint density at radius 3 is 2.65 bits per heavy atom. The summed E-state index contributed by atoms with van der Waals surface area (Å²) in [5.74, 6) is -0.581. The van der Waals surface area contributed by atoms with Gasteiger partial charge < -0.3 is 10.1 Å². The number of ketones is 1. The van der Waals surface area contributed by atoms with Crippen molar-refractivity contribution in [1.29, 1.82) is 0 Å². The molecule has 2 heterocycles. The maximum Gasteiger partial charge on any atom is 0.234 e. The molecule has 1 amide bonds. The van der Waals surface area contributed by atoms with Crippen molar-refractivity contribution in [3.05, 3.63) is 65.6 Å². The highest BCUT2D eigenvalue weighted by molar-refractivity contribution is 6.13. The molecule has 1 unspecified atom stereocenters. The number of para-hydroxylation sites is 1. The van der Waals surface area contributed by atoms with Gasteiger partial charge >= 0.3 is 0 Å². The summed E-state index contributed by atoms with van der Waals surface area (Å²) in [6.45, 7) is 6.03. The molecule has 1 aliphatic heterocycles. The molecule has 0 spiro atoms. The van der Waals surface area contributed by atoms with Crippen LogP contribution < -0.4 is 10.1 Å². The Morgan fingerprint density at radius 1 is 1.16 bits per heavy atom. The third kappa shape index (κ3) is 4.02. The number of ether oxygens (including phenoxy) is 1. The third-order valence-electron chi connectivity index (χ3n) is 5.99. The van der Waals surface area contributed by atoms with E-state index in [1.807, 2.05) is 31.2 Å². The molecule has 0 fully saturated rings. The average molecular weight is 418 g/mol. The van der Waals surface area contributed by atoms with Gasteiger partial charge in [-0.25, -0.2) is 0 Å². The number of hydrogen-bond acceptors (Lipinski definition) is 5. The van der Waals surface area contributed by atoms with Gasteiger partial charge in [0.15, 0.2) is 5.78 Å². The summed E-state index contributed by atoms with van der Waals surface area (Å²) in [6.07, 6.45) is 4.39. The van der Waals surface area contributed by atoms with Gasteiger partial charge in [-0.15, -0.1) is 0 Å². The predicted octanol–water partition coefficient (Wildman–Crippen LogP) is 4.55. The van der Waals surface area contributed by atoms with E-state index in [1.165, 1.54) is 0 Å². The molecule has 6 nitrogen and oxygen atoms in total. The van der Waals surface area contributed by atoms with Crippen LogP contribution in [0, 0.1) is 11.3 Å². The summed E-state index contributed by atoms with van der Waals surface area (Å²) in [5.41, 5.74) is 3.40. The molecule has 1 N–H and O–H groups in total. The Labute approximate surface area is 182 Å². The molecule has 6 heteroatoms. The number of nitrogens with zero attached hydrogens (tertiary/aromatic N) is 2. The van der Waals surface area contributed by atoms with Gasteiger partial charge in [-0.2, -0.15) is 0 Å². The smallest absolute Gasteiger partial charge is 0.234 e. The van der Waals surface area contributed by atoms with Crippen LogP contribution in [0.3, 0.4) is 0 Å². The molecule has 0 bridgehead atoms. The molecule has 2 atom stereocenters. The normalized spacial score (nSPS) is 22.5. The molecule has 1 aromatic heterocycles. The van der Waals surface area contributed by atoms with Crippen LogP contribution in [0.1, 0.15) is 45.1 Å². The molecule has 1 aromatic carbocycles. The van der Waals surface area contributed by atoms with Crippen LogP contribution in [0.15, 0.2) is 65.1 Å². The molecule has 0 saturated carbocycles. The van der Waals surface area contributed by atoms with Crippen molar-refractivity contribution in [2.45, 2.75) is 39.5 Å². The highest BCUT2D eigenvalue weighted by Crippen LogP contribution is 2.49. The second kappa shape index (κ2) is 8.10. The first-order valence-electron chi connectivity index (χ1n) is 10.5. The van der Waals surface area contributed by atoms with Crippen molar-refractivity contribution in [2.75, 3.05) is 12.4 Å². The van der Waals surface area contributed by atoms with Crippen LogP contribution in [-0.4, -0.2) is 29.5 Å². The fraction of sp³-hybridized carbons (Fsp3) is 0.360. The summed E-state index contributed by atoms with van der Waals surface area (Å²) >= 11 is 0. The van der Waals surface area contributed by atoms with Crippen LogP contribution in [0.5, 0.6) is 5.75 Å². The second-order valence-electron chi connectivity index (χ2n) is 8.98. The Kier molecular flexibility index (Phi) is 5.48. The number of benzene rings is 1. The number of allylic oxidation sites excluding steroid dienone is 2. The number of rotatable bonds is 4. The third-order valence-corrected chi connectivity index (χ3v) is 5.99. The molecule has 0 saturated heterocycles. The fourth-order valence-electron chi connectivity index (χ4n) is 4.70. The van der Waals surface area contributed by atoms with E-state index in [1.54, 1.807) is 31.6 Å². The number of hydrogen-bond donors (Lipinski definition) is 1. The number of aliphatic imine (C=N–C) groups is 1. The maximum absolute atomic E-state index is 13.5. The molecular weight excluding hydrogens is 390 g/mol. The van der Waals surface area contributed by atoms with Crippen LogP contribution in [0.2, 0.25) is 0 Å². The van der Waals surface area contributed by atoms with Gasteiger partial charge in [0, 0.05) is 41.1 Å². The molecule has 4 rings (SSSR count). The van der Waals surface area contributed by atoms with Gasteiger partial charge in [-0.05, 0) is 37.0 Å². The quantitative estimate of drug-likeness (QED) is 0.792. The summed E-state index contributed by atoms with van der Waals surface area (Å²) in [4.78, 5) is 35.7. The van der Waals surface area contributed by atoms with Gasteiger partial charge in [0.1, 0.15) is 5.75 Å². The van der Waals surface area contributed by atoms with E-state index >= 15 is 0 Å². The highest BCUT2D eigenvalue weighted by Gasteiger charge is 2.46.